The standard InChI is InChI=1S/C25H46O2/c1-3-5-7-9-10-11-12-13-14-15-16-17-18-19-21-23-25(26)27-24-22-20-8-6-4-2/h13-14,22,24H,3-12,15-21,23H2,1-2H3/b14-13-,24-22+. The molecule has 27 heavy (non-hydrogen) atoms. The summed E-state index contributed by atoms with van der Waals surface area (Å²) in [6.45, 7) is 4.46. The molecule has 0 bridgehead atoms. The van der Waals surface area contributed by atoms with E-state index in [1.54, 1.807) is 6.26 Å². The van der Waals surface area contributed by atoms with Crippen LogP contribution in [0.3, 0.4) is 0 Å². The van der Waals surface area contributed by atoms with E-state index >= 15 is 0 Å². The van der Waals surface area contributed by atoms with Crippen LogP contribution in [0.25, 0.3) is 0 Å². The van der Waals surface area contributed by atoms with Gasteiger partial charge in [0, 0.05) is 6.42 Å². The lowest BCUT2D eigenvalue weighted by Gasteiger charge is -2.01. The number of unbranched alkanes of at least 4 members (excludes halogenated alkanes) is 14. The molecule has 0 aromatic carbocycles. The molecule has 0 atom stereocenters. The summed E-state index contributed by atoms with van der Waals surface area (Å²) in [7, 11) is 0. The number of hydrogen-bond donors (Lipinski definition) is 0. The summed E-state index contributed by atoms with van der Waals surface area (Å²) < 4.78 is 5.11. The molecule has 0 heterocycles. The lowest BCUT2D eigenvalue weighted by atomic mass is 10.1. The van der Waals surface area contributed by atoms with Crippen molar-refractivity contribution in [1.82, 2.24) is 0 Å². The first-order chi connectivity index (χ1) is 13.3. The third-order valence-electron chi connectivity index (χ3n) is 4.91. The van der Waals surface area contributed by atoms with E-state index in [4.69, 9.17) is 4.74 Å². The molecular formula is C25H46O2. The molecule has 0 aliphatic carbocycles. The molecule has 2 heteroatoms. The Morgan fingerprint density at radius 2 is 1.04 bits per heavy atom. The first-order valence-corrected chi connectivity index (χ1v) is 11.8. The van der Waals surface area contributed by atoms with Crippen molar-refractivity contribution in [3.05, 3.63) is 24.5 Å². The van der Waals surface area contributed by atoms with Crippen LogP contribution in [0.5, 0.6) is 0 Å². The number of carbonyl (C=O) groups is 1. The SMILES string of the molecule is CCCCC/C=C/OC(=O)CCCCCCC/C=C\CCCCCCCC. The van der Waals surface area contributed by atoms with Crippen LogP contribution in [0.2, 0.25) is 0 Å². The van der Waals surface area contributed by atoms with Gasteiger partial charge in [-0.2, -0.15) is 0 Å². The predicted molar refractivity (Wildman–Crippen MR) is 119 cm³/mol. The van der Waals surface area contributed by atoms with E-state index in [9.17, 15) is 4.79 Å². The van der Waals surface area contributed by atoms with Crippen molar-refractivity contribution in [3.8, 4) is 0 Å². The number of rotatable bonds is 20. The van der Waals surface area contributed by atoms with Crippen molar-refractivity contribution in [2.45, 2.75) is 129 Å². The summed E-state index contributed by atoms with van der Waals surface area (Å²) in [5.41, 5.74) is 0. The minimum Gasteiger partial charge on any atom is -0.435 e. The van der Waals surface area contributed by atoms with Crippen LogP contribution >= 0.6 is 0 Å². The van der Waals surface area contributed by atoms with E-state index < -0.39 is 0 Å². The third kappa shape index (κ3) is 22.9. The zero-order valence-corrected chi connectivity index (χ0v) is 18.4. The first-order valence-electron chi connectivity index (χ1n) is 11.8. The monoisotopic (exact) mass is 378 g/mol. The van der Waals surface area contributed by atoms with Gasteiger partial charge >= 0.3 is 5.97 Å². The first kappa shape index (κ1) is 26.0. The Kier molecular flexibility index (Phi) is 22.1. The molecule has 0 saturated heterocycles. The molecule has 158 valence electrons. The van der Waals surface area contributed by atoms with Crippen molar-refractivity contribution in [1.29, 1.82) is 0 Å². The van der Waals surface area contributed by atoms with Gasteiger partial charge in [0.15, 0.2) is 0 Å². The zero-order chi connectivity index (χ0) is 19.8. The van der Waals surface area contributed by atoms with Gasteiger partial charge in [0.05, 0.1) is 6.26 Å². The summed E-state index contributed by atoms with van der Waals surface area (Å²) in [6.07, 6.45) is 30.1. The quantitative estimate of drug-likeness (QED) is 0.0916. The number of esters is 1. The second-order valence-electron chi connectivity index (χ2n) is 7.69. The van der Waals surface area contributed by atoms with Crippen LogP contribution in [0.15, 0.2) is 24.5 Å². The Bertz CT molecular complexity index is 357. The van der Waals surface area contributed by atoms with E-state index in [0.29, 0.717) is 6.42 Å². The minimum absolute atomic E-state index is 0.0839. The number of ether oxygens (including phenoxy) is 1. The van der Waals surface area contributed by atoms with E-state index in [1.165, 1.54) is 89.9 Å². The van der Waals surface area contributed by atoms with E-state index in [2.05, 4.69) is 26.0 Å². The fraction of sp³-hybridized carbons (Fsp3) is 0.800. The summed E-state index contributed by atoms with van der Waals surface area (Å²) in [4.78, 5) is 11.6. The number of allylic oxidation sites excluding steroid dienone is 3. The largest absolute Gasteiger partial charge is 0.435 e. The maximum Gasteiger partial charge on any atom is 0.310 e. The van der Waals surface area contributed by atoms with Crippen LogP contribution in [0, 0.1) is 0 Å². The highest BCUT2D eigenvalue weighted by atomic mass is 16.5. The molecule has 0 fully saturated rings. The minimum atomic E-state index is -0.0839. The summed E-state index contributed by atoms with van der Waals surface area (Å²) in [5.74, 6) is -0.0839. The van der Waals surface area contributed by atoms with Gasteiger partial charge in [-0.1, -0.05) is 90.2 Å². The van der Waals surface area contributed by atoms with E-state index in [0.717, 1.165) is 19.3 Å². The lowest BCUT2D eigenvalue weighted by molar-refractivity contribution is -0.138. The molecule has 0 radical (unpaired) electrons. The maximum atomic E-state index is 11.6. The van der Waals surface area contributed by atoms with Crippen LogP contribution in [-0.2, 0) is 9.53 Å². The van der Waals surface area contributed by atoms with Gasteiger partial charge in [-0.25, -0.2) is 0 Å². The summed E-state index contributed by atoms with van der Waals surface area (Å²) >= 11 is 0. The molecular weight excluding hydrogens is 332 g/mol. The van der Waals surface area contributed by atoms with Gasteiger partial charge in [-0.3, -0.25) is 4.79 Å². The van der Waals surface area contributed by atoms with Crippen molar-refractivity contribution in [3.63, 3.8) is 0 Å². The number of carbonyl (C=O) groups excluding carboxylic acids is 1. The Hall–Kier alpha value is -1.05. The molecule has 2 nitrogen and oxygen atoms in total. The fourth-order valence-electron chi connectivity index (χ4n) is 3.10. The normalized spacial score (nSPS) is 11.6. The van der Waals surface area contributed by atoms with Gasteiger partial charge in [0.2, 0.25) is 0 Å². The fourth-order valence-corrected chi connectivity index (χ4v) is 3.10. The Morgan fingerprint density at radius 3 is 1.67 bits per heavy atom. The van der Waals surface area contributed by atoms with Gasteiger partial charge < -0.3 is 4.74 Å². The lowest BCUT2D eigenvalue weighted by Crippen LogP contribution is -1.98. The second kappa shape index (κ2) is 23.0. The molecule has 0 rings (SSSR count). The smallest absolute Gasteiger partial charge is 0.310 e. The average Bonchev–Trinajstić information content (AvgIpc) is 2.67. The Balaban J connectivity index is 3.25. The zero-order valence-electron chi connectivity index (χ0n) is 18.4. The molecule has 0 aliphatic heterocycles. The maximum absolute atomic E-state index is 11.6. The molecule has 0 N–H and O–H groups in total. The van der Waals surface area contributed by atoms with Crippen molar-refractivity contribution in [2.75, 3.05) is 0 Å². The molecule has 0 aromatic rings. The van der Waals surface area contributed by atoms with Crippen LogP contribution in [-0.4, -0.2) is 5.97 Å². The predicted octanol–water partition coefficient (Wildman–Crippen LogP) is 8.66. The second-order valence-corrected chi connectivity index (χ2v) is 7.69. The molecule has 0 amide bonds. The van der Waals surface area contributed by atoms with Crippen molar-refractivity contribution in [2.24, 2.45) is 0 Å². The Labute approximate surface area is 169 Å². The highest BCUT2D eigenvalue weighted by Crippen LogP contribution is 2.10. The third-order valence-corrected chi connectivity index (χ3v) is 4.91. The number of hydrogen-bond acceptors (Lipinski definition) is 2. The van der Waals surface area contributed by atoms with Crippen LogP contribution in [0.1, 0.15) is 129 Å². The van der Waals surface area contributed by atoms with E-state index in [-0.39, 0.29) is 5.97 Å². The molecule has 0 unspecified atom stereocenters. The van der Waals surface area contributed by atoms with Crippen LogP contribution in [0.4, 0.5) is 0 Å². The average molecular weight is 379 g/mol. The molecule has 0 aromatic heterocycles. The molecule has 0 spiro atoms. The molecule has 0 aliphatic rings. The Morgan fingerprint density at radius 1 is 0.593 bits per heavy atom. The van der Waals surface area contributed by atoms with Gasteiger partial charge in [0.25, 0.3) is 0 Å². The topological polar surface area (TPSA) is 26.3 Å². The molecule has 0 saturated carbocycles. The van der Waals surface area contributed by atoms with Gasteiger partial charge in [-0.05, 0) is 51.0 Å². The summed E-state index contributed by atoms with van der Waals surface area (Å²) in [6, 6.07) is 0. The summed E-state index contributed by atoms with van der Waals surface area (Å²) in [5, 5.41) is 0. The highest BCUT2D eigenvalue weighted by molar-refractivity contribution is 5.69. The van der Waals surface area contributed by atoms with E-state index in [1.807, 2.05) is 6.08 Å². The van der Waals surface area contributed by atoms with Crippen molar-refractivity contribution < 1.29 is 9.53 Å². The van der Waals surface area contributed by atoms with Gasteiger partial charge in [0.1, 0.15) is 0 Å². The highest BCUT2D eigenvalue weighted by Gasteiger charge is 2.00. The van der Waals surface area contributed by atoms with Crippen molar-refractivity contribution >= 4 is 5.97 Å². The van der Waals surface area contributed by atoms with Crippen LogP contribution < -0.4 is 0 Å². The van der Waals surface area contributed by atoms with Gasteiger partial charge in [-0.15, -0.1) is 0 Å².